The summed E-state index contributed by atoms with van der Waals surface area (Å²) in [6.07, 6.45) is -0.357. The van der Waals surface area contributed by atoms with Gasteiger partial charge in [0.1, 0.15) is 5.75 Å². The van der Waals surface area contributed by atoms with E-state index in [0.29, 0.717) is 24.3 Å². The number of carbonyl (C=O) groups is 1. The maximum Gasteiger partial charge on any atom is 0.408 e. The van der Waals surface area contributed by atoms with Gasteiger partial charge >= 0.3 is 6.09 Å². The van der Waals surface area contributed by atoms with Gasteiger partial charge in [-0.05, 0) is 38.5 Å². The van der Waals surface area contributed by atoms with Crippen LogP contribution in [0.15, 0.2) is 34.9 Å². The second kappa shape index (κ2) is 8.71. The highest BCUT2D eigenvalue weighted by Crippen LogP contribution is 2.25. The Hall–Kier alpha value is -2.54. The lowest BCUT2D eigenvalue weighted by Gasteiger charge is -2.22. The number of aromatic nitrogens is 1. The van der Waals surface area contributed by atoms with E-state index in [-0.39, 0.29) is 6.61 Å². The Morgan fingerprint density at radius 3 is 2.58 bits per heavy atom. The molecular formula is C19H26N2O5. The van der Waals surface area contributed by atoms with Crippen molar-refractivity contribution >= 4 is 6.09 Å². The fourth-order valence-electron chi connectivity index (χ4n) is 2.35. The van der Waals surface area contributed by atoms with Gasteiger partial charge in [0.2, 0.25) is 0 Å². The van der Waals surface area contributed by atoms with Gasteiger partial charge in [0, 0.05) is 31.1 Å². The molecule has 0 fully saturated rings. The second-order valence-electron chi connectivity index (χ2n) is 7.02. The molecule has 0 radical (unpaired) electrons. The maximum atomic E-state index is 12.2. The molecule has 0 aliphatic carbocycles. The Bertz CT molecular complexity index is 703. The van der Waals surface area contributed by atoms with Crippen molar-refractivity contribution in [3.05, 3.63) is 47.3 Å². The van der Waals surface area contributed by atoms with Crippen molar-refractivity contribution in [2.24, 2.45) is 0 Å². The number of carbonyl (C=O) groups excluding carboxylic acids is 1. The van der Waals surface area contributed by atoms with Crippen molar-refractivity contribution in [1.29, 1.82) is 0 Å². The molecule has 2 rings (SSSR count). The van der Waals surface area contributed by atoms with E-state index in [1.165, 1.54) is 0 Å². The van der Waals surface area contributed by atoms with Crippen LogP contribution in [0.5, 0.6) is 5.75 Å². The van der Waals surface area contributed by atoms with Gasteiger partial charge in [-0.3, -0.25) is 0 Å². The van der Waals surface area contributed by atoms with Crippen LogP contribution in [0.1, 0.15) is 43.9 Å². The van der Waals surface area contributed by atoms with Crippen LogP contribution in [0.2, 0.25) is 0 Å². The van der Waals surface area contributed by atoms with Crippen LogP contribution in [-0.4, -0.2) is 35.6 Å². The minimum absolute atomic E-state index is 0.0273. The molecule has 0 aliphatic rings. The smallest absolute Gasteiger partial charge is 0.408 e. The second-order valence-corrected chi connectivity index (χ2v) is 7.02. The first-order chi connectivity index (χ1) is 12.3. The molecule has 0 bridgehead atoms. The van der Waals surface area contributed by atoms with E-state index >= 15 is 0 Å². The first-order valence-corrected chi connectivity index (χ1v) is 8.49. The summed E-state index contributed by atoms with van der Waals surface area (Å²) in [4.78, 5) is 12.2. The fourth-order valence-corrected chi connectivity index (χ4v) is 2.35. The first-order valence-electron chi connectivity index (χ1n) is 8.49. The Kier molecular flexibility index (Phi) is 6.63. The zero-order valence-electron chi connectivity index (χ0n) is 15.6. The standard InChI is InChI=1S/C19H26N2O5/c1-19(2,3)20-18(23)25-16(17-12-14(9-10-22)21-26-17)11-13-5-7-15(24-4)8-6-13/h5-8,12,16,22H,9-11H2,1-4H3,(H,20,23)/t16-/m0/s1. The van der Waals surface area contributed by atoms with Crippen molar-refractivity contribution in [3.63, 3.8) is 0 Å². The summed E-state index contributed by atoms with van der Waals surface area (Å²) in [7, 11) is 1.61. The topological polar surface area (TPSA) is 93.8 Å². The lowest BCUT2D eigenvalue weighted by atomic mass is 10.1. The fraction of sp³-hybridized carbons (Fsp3) is 0.474. The zero-order chi connectivity index (χ0) is 19.2. The molecule has 2 N–H and O–H groups in total. The van der Waals surface area contributed by atoms with E-state index in [9.17, 15) is 4.79 Å². The number of benzene rings is 1. The molecular weight excluding hydrogens is 336 g/mol. The summed E-state index contributed by atoms with van der Waals surface area (Å²) in [6, 6.07) is 9.21. The molecule has 26 heavy (non-hydrogen) atoms. The number of rotatable bonds is 7. The highest BCUT2D eigenvalue weighted by Gasteiger charge is 2.24. The number of amides is 1. The molecule has 1 amide bonds. The normalized spacial score (nSPS) is 12.5. The van der Waals surface area contributed by atoms with E-state index in [4.69, 9.17) is 19.1 Å². The van der Waals surface area contributed by atoms with Crippen LogP contribution in [0.25, 0.3) is 0 Å². The number of hydrogen-bond acceptors (Lipinski definition) is 6. The summed E-state index contributed by atoms with van der Waals surface area (Å²) >= 11 is 0. The minimum Gasteiger partial charge on any atom is -0.497 e. The molecule has 2 aromatic rings. The van der Waals surface area contributed by atoms with Crippen LogP contribution in [0.3, 0.4) is 0 Å². The number of aliphatic hydroxyl groups excluding tert-OH is 1. The third kappa shape index (κ3) is 6.07. The number of nitrogens with zero attached hydrogens (tertiary/aromatic N) is 1. The number of ether oxygens (including phenoxy) is 2. The quantitative estimate of drug-likeness (QED) is 0.786. The predicted molar refractivity (Wildman–Crippen MR) is 96.1 cm³/mol. The lowest BCUT2D eigenvalue weighted by Crippen LogP contribution is -2.41. The van der Waals surface area contributed by atoms with E-state index in [1.807, 2.05) is 45.0 Å². The predicted octanol–water partition coefficient (Wildman–Crippen LogP) is 3.03. The molecule has 0 unspecified atom stereocenters. The lowest BCUT2D eigenvalue weighted by molar-refractivity contribution is 0.0750. The third-order valence-corrected chi connectivity index (χ3v) is 3.57. The highest BCUT2D eigenvalue weighted by atomic mass is 16.6. The molecule has 1 aromatic heterocycles. The van der Waals surface area contributed by atoms with Crippen molar-refractivity contribution in [1.82, 2.24) is 10.5 Å². The van der Waals surface area contributed by atoms with E-state index < -0.39 is 17.7 Å². The Labute approximate surface area is 153 Å². The number of alkyl carbamates (subject to hydrolysis) is 1. The molecule has 0 aliphatic heterocycles. The van der Waals surface area contributed by atoms with Crippen molar-refractivity contribution in [2.75, 3.05) is 13.7 Å². The number of hydrogen-bond donors (Lipinski definition) is 2. The average Bonchev–Trinajstić information content (AvgIpc) is 3.02. The monoisotopic (exact) mass is 362 g/mol. The van der Waals surface area contributed by atoms with Gasteiger partial charge in [0.15, 0.2) is 11.9 Å². The van der Waals surface area contributed by atoms with Crippen LogP contribution < -0.4 is 10.1 Å². The van der Waals surface area contributed by atoms with Crippen molar-refractivity contribution in [2.45, 2.75) is 45.3 Å². The Morgan fingerprint density at radius 2 is 2.00 bits per heavy atom. The first kappa shape index (κ1) is 19.8. The van der Waals surface area contributed by atoms with Crippen LogP contribution in [0.4, 0.5) is 4.79 Å². The SMILES string of the molecule is COc1ccc(C[C@H](OC(=O)NC(C)(C)C)c2cc(CCO)no2)cc1. The summed E-state index contributed by atoms with van der Waals surface area (Å²) in [6.45, 7) is 5.60. The van der Waals surface area contributed by atoms with Gasteiger partial charge in [0.05, 0.1) is 12.8 Å². The van der Waals surface area contributed by atoms with E-state index in [2.05, 4.69) is 10.5 Å². The minimum atomic E-state index is -0.634. The number of methoxy groups -OCH3 is 1. The van der Waals surface area contributed by atoms with Gasteiger partial charge in [-0.15, -0.1) is 0 Å². The average molecular weight is 362 g/mol. The molecule has 0 spiro atoms. The third-order valence-electron chi connectivity index (χ3n) is 3.57. The van der Waals surface area contributed by atoms with Gasteiger partial charge in [0.25, 0.3) is 0 Å². The number of aliphatic hydroxyl groups is 1. The maximum absolute atomic E-state index is 12.2. The van der Waals surface area contributed by atoms with Crippen molar-refractivity contribution in [3.8, 4) is 5.75 Å². The molecule has 1 atom stereocenters. The summed E-state index contributed by atoms with van der Waals surface area (Å²) in [5.41, 5.74) is 1.16. The molecule has 7 heteroatoms. The molecule has 1 heterocycles. The molecule has 142 valence electrons. The Morgan fingerprint density at radius 1 is 1.31 bits per heavy atom. The molecule has 0 saturated heterocycles. The van der Waals surface area contributed by atoms with Gasteiger partial charge in [-0.25, -0.2) is 4.79 Å². The molecule has 7 nitrogen and oxygen atoms in total. The summed E-state index contributed by atoms with van der Waals surface area (Å²) in [5.74, 6) is 1.19. The largest absolute Gasteiger partial charge is 0.497 e. The van der Waals surface area contributed by atoms with Crippen molar-refractivity contribution < 1.29 is 23.9 Å². The molecule has 1 aromatic carbocycles. The van der Waals surface area contributed by atoms with E-state index in [0.717, 1.165) is 11.3 Å². The van der Waals surface area contributed by atoms with Gasteiger partial charge in [-0.2, -0.15) is 0 Å². The number of nitrogens with one attached hydrogen (secondary N) is 1. The highest BCUT2D eigenvalue weighted by molar-refractivity contribution is 5.68. The zero-order valence-corrected chi connectivity index (χ0v) is 15.6. The van der Waals surface area contributed by atoms with Gasteiger partial charge < -0.3 is 24.4 Å². The van der Waals surface area contributed by atoms with Crippen LogP contribution in [0, 0.1) is 0 Å². The van der Waals surface area contributed by atoms with Gasteiger partial charge in [-0.1, -0.05) is 17.3 Å². The van der Waals surface area contributed by atoms with Crippen LogP contribution in [-0.2, 0) is 17.6 Å². The van der Waals surface area contributed by atoms with Crippen LogP contribution >= 0.6 is 0 Å². The summed E-state index contributed by atoms with van der Waals surface area (Å²) in [5, 5.41) is 15.7. The summed E-state index contributed by atoms with van der Waals surface area (Å²) < 4.78 is 16.1. The Balaban J connectivity index is 2.17. The molecule has 0 saturated carbocycles. The van der Waals surface area contributed by atoms with E-state index in [1.54, 1.807) is 13.2 Å².